The van der Waals surface area contributed by atoms with Crippen LogP contribution in [0.15, 0.2) is 29.0 Å². The van der Waals surface area contributed by atoms with Crippen LogP contribution in [0.5, 0.6) is 0 Å². The molecule has 2 rings (SSSR count). The molecule has 2 heterocycles. The van der Waals surface area contributed by atoms with Crippen LogP contribution in [0.1, 0.15) is 30.8 Å². The maximum Gasteiger partial charge on any atom is 0.107 e. The van der Waals surface area contributed by atoms with Gasteiger partial charge in [0, 0.05) is 12.7 Å². The maximum absolute atomic E-state index is 6.19. The number of nitrogens with one attached hydrogen (secondary N) is 1. The van der Waals surface area contributed by atoms with Crippen molar-refractivity contribution in [2.24, 2.45) is 5.84 Å². The third kappa shape index (κ3) is 2.97. The van der Waals surface area contributed by atoms with Gasteiger partial charge in [0.2, 0.25) is 0 Å². The van der Waals surface area contributed by atoms with E-state index in [1.54, 1.807) is 24.5 Å². The smallest absolute Gasteiger partial charge is 0.107 e. The Labute approximate surface area is 125 Å². The quantitative estimate of drug-likeness (QED) is 0.646. The van der Waals surface area contributed by atoms with Crippen molar-refractivity contribution in [1.29, 1.82) is 0 Å². The van der Waals surface area contributed by atoms with E-state index in [1.807, 2.05) is 4.68 Å². The largest absolute Gasteiger partial charge is 0.270 e. The molecule has 0 aliphatic carbocycles. The number of nitrogens with zero attached hydrogens (tertiary/aromatic N) is 3. The van der Waals surface area contributed by atoms with Crippen molar-refractivity contribution in [2.75, 3.05) is 0 Å². The molecule has 0 saturated heterocycles. The number of hydrogen-bond donors (Lipinski definition) is 2. The normalized spacial score (nSPS) is 12.6. The van der Waals surface area contributed by atoms with Crippen LogP contribution >= 0.6 is 27.5 Å². The van der Waals surface area contributed by atoms with E-state index in [9.17, 15) is 0 Å². The number of hydrogen-bond acceptors (Lipinski definition) is 4. The third-order valence-corrected chi connectivity index (χ3v) is 3.70. The fourth-order valence-corrected chi connectivity index (χ4v) is 2.70. The first kappa shape index (κ1) is 14.5. The first-order valence-electron chi connectivity index (χ1n) is 5.96. The Hall–Kier alpha value is -0.950. The first-order chi connectivity index (χ1) is 9.19. The summed E-state index contributed by atoms with van der Waals surface area (Å²) in [5, 5.41) is 4.90. The minimum Gasteiger partial charge on any atom is -0.270 e. The van der Waals surface area contributed by atoms with Crippen LogP contribution in [-0.2, 0) is 6.54 Å². The Morgan fingerprint density at radius 3 is 3.00 bits per heavy atom. The topological polar surface area (TPSA) is 68.8 Å². The van der Waals surface area contributed by atoms with Gasteiger partial charge in [-0.1, -0.05) is 18.5 Å². The van der Waals surface area contributed by atoms with E-state index in [4.69, 9.17) is 17.4 Å². The summed E-state index contributed by atoms with van der Waals surface area (Å²) in [5.74, 6) is 5.69. The lowest BCUT2D eigenvalue weighted by atomic mass is 10.1. The fourth-order valence-electron chi connectivity index (χ4n) is 1.95. The number of nitrogens with two attached hydrogens (primary N) is 1. The monoisotopic (exact) mass is 343 g/mol. The lowest BCUT2D eigenvalue weighted by Crippen LogP contribution is -2.32. The van der Waals surface area contributed by atoms with Crippen molar-refractivity contribution in [1.82, 2.24) is 20.2 Å². The zero-order valence-corrected chi connectivity index (χ0v) is 12.8. The zero-order valence-electron chi connectivity index (χ0n) is 10.5. The van der Waals surface area contributed by atoms with Gasteiger partial charge in [-0.15, -0.1) is 0 Å². The van der Waals surface area contributed by atoms with Crippen LogP contribution < -0.4 is 11.3 Å². The van der Waals surface area contributed by atoms with E-state index in [-0.39, 0.29) is 6.04 Å². The summed E-state index contributed by atoms with van der Waals surface area (Å²) >= 11 is 9.69. The number of rotatable bonds is 5. The zero-order chi connectivity index (χ0) is 13.8. The molecule has 0 bridgehead atoms. The predicted octanol–water partition coefficient (Wildman–Crippen LogP) is 2.66. The Morgan fingerprint density at radius 1 is 1.58 bits per heavy atom. The SMILES string of the molecule is CCCn1ncc(Br)c1C(NN)c1ncccc1Cl. The van der Waals surface area contributed by atoms with Gasteiger partial charge in [0.25, 0.3) is 0 Å². The summed E-state index contributed by atoms with van der Waals surface area (Å²) in [6.45, 7) is 2.90. The van der Waals surface area contributed by atoms with E-state index < -0.39 is 0 Å². The minimum absolute atomic E-state index is 0.308. The number of hydrazine groups is 1. The predicted molar refractivity (Wildman–Crippen MR) is 78.6 cm³/mol. The summed E-state index contributed by atoms with van der Waals surface area (Å²) in [6.07, 6.45) is 4.43. The van der Waals surface area contributed by atoms with E-state index in [0.29, 0.717) is 10.7 Å². The molecule has 0 amide bonds. The van der Waals surface area contributed by atoms with E-state index in [0.717, 1.165) is 23.1 Å². The van der Waals surface area contributed by atoms with Crippen molar-refractivity contribution in [3.63, 3.8) is 0 Å². The molecule has 1 unspecified atom stereocenters. The van der Waals surface area contributed by atoms with Crippen LogP contribution in [0.25, 0.3) is 0 Å². The lowest BCUT2D eigenvalue weighted by Gasteiger charge is -2.18. The highest BCUT2D eigenvalue weighted by Crippen LogP contribution is 2.30. The molecular formula is C12H15BrClN5. The number of aromatic nitrogens is 3. The highest BCUT2D eigenvalue weighted by atomic mass is 79.9. The minimum atomic E-state index is -0.308. The molecule has 2 aromatic rings. The van der Waals surface area contributed by atoms with E-state index in [2.05, 4.69) is 38.4 Å². The molecule has 3 N–H and O–H groups in total. The summed E-state index contributed by atoms with van der Waals surface area (Å²) in [4.78, 5) is 4.31. The van der Waals surface area contributed by atoms with Gasteiger partial charge in [-0.05, 0) is 34.5 Å². The van der Waals surface area contributed by atoms with Gasteiger partial charge in [-0.3, -0.25) is 15.5 Å². The van der Waals surface area contributed by atoms with Gasteiger partial charge in [0.05, 0.1) is 27.1 Å². The highest BCUT2D eigenvalue weighted by molar-refractivity contribution is 9.10. The fraction of sp³-hybridized carbons (Fsp3) is 0.333. The van der Waals surface area contributed by atoms with Crippen LogP contribution in [0, 0.1) is 0 Å². The van der Waals surface area contributed by atoms with Crippen molar-refractivity contribution in [2.45, 2.75) is 25.9 Å². The molecule has 5 nitrogen and oxygen atoms in total. The molecule has 7 heteroatoms. The molecule has 19 heavy (non-hydrogen) atoms. The number of pyridine rings is 1. The van der Waals surface area contributed by atoms with E-state index >= 15 is 0 Å². The standard InChI is InChI=1S/C12H15BrClN5/c1-2-6-19-12(8(13)7-17-19)11(18-15)10-9(14)4-3-5-16-10/h3-5,7,11,18H,2,6,15H2,1H3. The molecule has 1 atom stereocenters. The van der Waals surface area contributed by atoms with Crippen molar-refractivity contribution in [3.05, 3.63) is 45.4 Å². The van der Waals surface area contributed by atoms with Crippen LogP contribution in [0.3, 0.4) is 0 Å². The van der Waals surface area contributed by atoms with Gasteiger partial charge in [0.1, 0.15) is 6.04 Å². The lowest BCUT2D eigenvalue weighted by molar-refractivity contribution is 0.513. The molecule has 0 fully saturated rings. The Kier molecular flexibility index (Phi) is 4.93. The number of aryl methyl sites for hydroxylation is 1. The first-order valence-corrected chi connectivity index (χ1v) is 7.13. The van der Waals surface area contributed by atoms with Crippen molar-refractivity contribution in [3.8, 4) is 0 Å². The van der Waals surface area contributed by atoms with Gasteiger partial charge in [-0.25, -0.2) is 5.43 Å². The van der Waals surface area contributed by atoms with Crippen molar-refractivity contribution < 1.29 is 0 Å². The Bertz CT molecular complexity index is 557. The van der Waals surface area contributed by atoms with Crippen LogP contribution in [-0.4, -0.2) is 14.8 Å². The molecular weight excluding hydrogens is 330 g/mol. The molecule has 2 aromatic heterocycles. The molecule has 102 valence electrons. The van der Waals surface area contributed by atoms with Gasteiger partial charge < -0.3 is 0 Å². The third-order valence-electron chi connectivity index (χ3n) is 2.77. The van der Waals surface area contributed by atoms with Crippen LogP contribution in [0.4, 0.5) is 0 Å². The Morgan fingerprint density at radius 2 is 2.37 bits per heavy atom. The van der Waals surface area contributed by atoms with Gasteiger partial charge in [0.15, 0.2) is 0 Å². The molecule has 0 aliphatic heterocycles. The molecule has 0 aliphatic rings. The summed E-state index contributed by atoms with van der Waals surface area (Å²) < 4.78 is 2.78. The summed E-state index contributed by atoms with van der Waals surface area (Å²) in [5.41, 5.74) is 4.37. The van der Waals surface area contributed by atoms with E-state index in [1.165, 1.54) is 0 Å². The molecule has 0 spiro atoms. The summed E-state index contributed by atoms with van der Waals surface area (Å²) in [7, 11) is 0. The highest BCUT2D eigenvalue weighted by Gasteiger charge is 2.23. The van der Waals surface area contributed by atoms with Gasteiger partial charge >= 0.3 is 0 Å². The molecule has 0 saturated carbocycles. The number of halogens is 2. The molecule has 0 radical (unpaired) electrons. The maximum atomic E-state index is 6.19. The Balaban J connectivity index is 2.48. The summed E-state index contributed by atoms with van der Waals surface area (Å²) in [6, 6.07) is 3.28. The second-order valence-electron chi connectivity index (χ2n) is 4.07. The molecule has 0 aromatic carbocycles. The van der Waals surface area contributed by atoms with Gasteiger partial charge in [-0.2, -0.15) is 5.10 Å². The second-order valence-corrected chi connectivity index (χ2v) is 5.33. The average molecular weight is 345 g/mol. The van der Waals surface area contributed by atoms with Crippen LogP contribution in [0.2, 0.25) is 5.02 Å². The van der Waals surface area contributed by atoms with Crippen molar-refractivity contribution >= 4 is 27.5 Å². The second kappa shape index (κ2) is 6.47. The average Bonchev–Trinajstić information content (AvgIpc) is 2.75.